The van der Waals surface area contributed by atoms with Crippen LogP contribution in [0.5, 0.6) is 0 Å². The van der Waals surface area contributed by atoms with Gasteiger partial charge in [-0.1, -0.05) is 54.6 Å². The van der Waals surface area contributed by atoms with E-state index >= 15 is 0 Å². The van der Waals surface area contributed by atoms with Crippen molar-refractivity contribution in [3.8, 4) is 11.1 Å². The molecule has 6 nitrogen and oxygen atoms in total. The van der Waals surface area contributed by atoms with Gasteiger partial charge in [0.05, 0.1) is 4.90 Å². The van der Waals surface area contributed by atoms with Crippen molar-refractivity contribution >= 4 is 15.9 Å². The minimum absolute atomic E-state index is 0.126. The van der Waals surface area contributed by atoms with E-state index in [-0.39, 0.29) is 17.3 Å². The zero-order valence-electron chi connectivity index (χ0n) is 18.1. The Morgan fingerprint density at radius 3 is 2.12 bits per heavy atom. The lowest BCUT2D eigenvalue weighted by molar-refractivity contribution is 0.0944. The number of ether oxygens (including phenoxy) is 1. The van der Waals surface area contributed by atoms with Crippen molar-refractivity contribution < 1.29 is 17.9 Å². The van der Waals surface area contributed by atoms with E-state index in [1.165, 1.54) is 0 Å². The molecule has 0 saturated heterocycles. The highest BCUT2D eigenvalue weighted by Crippen LogP contribution is 2.22. The number of hydrogen-bond donors (Lipinski definition) is 2. The Morgan fingerprint density at radius 1 is 0.875 bits per heavy atom. The molecule has 1 amide bonds. The van der Waals surface area contributed by atoms with Crippen LogP contribution in [0.4, 0.5) is 0 Å². The fourth-order valence-electron chi connectivity index (χ4n) is 3.12. The van der Waals surface area contributed by atoms with E-state index in [1.54, 1.807) is 36.4 Å². The maximum atomic E-state index is 12.6. The van der Waals surface area contributed by atoms with Crippen LogP contribution in [0.2, 0.25) is 0 Å². The predicted octanol–water partition coefficient (Wildman–Crippen LogP) is 3.99. The van der Waals surface area contributed by atoms with Crippen LogP contribution in [-0.2, 0) is 21.3 Å². The highest BCUT2D eigenvalue weighted by Gasteiger charge is 2.14. The van der Waals surface area contributed by atoms with Gasteiger partial charge in [0.15, 0.2) is 0 Å². The molecule has 0 heterocycles. The minimum atomic E-state index is -3.60. The van der Waals surface area contributed by atoms with Gasteiger partial charge in [-0.2, -0.15) is 0 Å². The first kappa shape index (κ1) is 23.7. The molecule has 3 aromatic rings. The summed E-state index contributed by atoms with van der Waals surface area (Å²) in [4.78, 5) is 12.4. The van der Waals surface area contributed by atoms with E-state index < -0.39 is 10.0 Å². The van der Waals surface area contributed by atoms with Crippen LogP contribution in [0.3, 0.4) is 0 Å². The number of nitrogens with one attached hydrogen (secondary N) is 2. The third-order valence-corrected chi connectivity index (χ3v) is 6.33. The fourth-order valence-corrected chi connectivity index (χ4v) is 4.14. The van der Waals surface area contributed by atoms with Gasteiger partial charge in [0.25, 0.3) is 5.91 Å². The van der Waals surface area contributed by atoms with Crippen molar-refractivity contribution in [1.82, 2.24) is 10.0 Å². The molecule has 0 radical (unpaired) electrons. The van der Waals surface area contributed by atoms with Gasteiger partial charge < -0.3 is 10.1 Å². The lowest BCUT2D eigenvalue weighted by atomic mass is 10.0. The van der Waals surface area contributed by atoms with E-state index in [9.17, 15) is 13.2 Å². The molecule has 168 valence electrons. The van der Waals surface area contributed by atoms with Gasteiger partial charge in [-0.05, 0) is 54.3 Å². The SMILES string of the molecule is CCOCCCNC(=O)c1ccc(-c2ccc(S(=O)(=O)NCc3ccccc3)cc2)cc1. The normalized spacial score (nSPS) is 11.3. The molecule has 0 bridgehead atoms. The van der Waals surface area contributed by atoms with E-state index in [4.69, 9.17) is 4.74 Å². The van der Waals surface area contributed by atoms with Gasteiger partial charge >= 0.3 is 0 Å². The number of hydrogen-bond acceptors (Lipinski definition) is 4. The monoisotopic (exact) mass is 452 g/mol. The molecule has 32 heavy (non-hydrogen) atoms. The topological polar surface area (TPSA) is 84.5 Å². The average molecular weight is 453 g/mol. The van der Waals surface area contributed by atoms with Crippen LogP contribution in [-0.4, -0.2) is 34.1 Å². The zero-order valence-corrected chi connectivity index (χ0v) is 18.9. The number of rotatable bonds is 11. The number of carbonyl (C=O) groups excluding carboxylic acids is 1. The number of carbonyl (C=O) groups is 1. The Morgan fingerprint density at radius 2 is 1.50 bits per heavy atom. The molecule has 0 aliphatic rings. The molecule has 0 spiro atoms. The maximum absolute atomic E-state index is 12.6. The standard InChI is InChI=1S/C25H28N2O4S/c1-2-31-18-6-17-26-25(28)23-11-9-21(10-12-23)22-13-15-24(16-14-22)32(29,30)27-19-20-7-4-3-5-8-20/h3-5,7-16,27H,2,6,17-19H2,1H3,(H,26,28). The zero-order chi connectivity index (χ0) is 22.8. The van der Waals surface area contributed by atoms with Crippen LogP contribution >= 0.6 is 0 Å². The highest BCUT2D eigenvalue weighted by molar-refractivity contribution is 7.89. The molecule has 0 saturated carbocycles. The Balaban J connectivity index is 1.58. The summed E-state index contributed by atoms with van der Waals surface area (Å²) in [6.45, 7) is 4.04. The van der Waals surface area contributed by atoms with E-state index in [2.05, 4.69) is 10.0 Å². The molecule has 3 rings (SSSR count). The fraction of sp³-hybridized carbons (Fsp3) is 0.240. The van der Waals surface area contributed by atoms with Crippen LogP contribution in [0.1, 0.15) is 29.3 Å². The Labute approximate surface area is 189 Å². The summed E-state index contributed by atoms with van der Waals surface area (Å²) < 4.78 is 33.0. The summed E-state index contributed by atoms with van der Waals surface area (Å²) in [6, 6.07) is 23.3. The summed E-state index contributed by atoms with van der Waals surface area (Å²) in [7, 11) is -3.60. The van der Waals surface area contributed by atoms with Crippen molar-refractivity contribution in [2.75, 3.05) is 19.8 Å². The molecule has 2 N–H and O–H groups in total. The van der Waals surface area contributed by atoms with Crippen LogP contribution in [0, 0.1) is 0 Å². The van der Waals surface area contributed by atoms with Crippen molar-refractivity contribution in [3.05, 3.63) is 90.0 Å². The average Bonchev–Trinajstić information content (AvgIpc) is 2.83. The van der Waals surface area contributed by atoms with Crippen molar-refractivity contribution in [2.24, 2.45) is 0 Å². The lowest BCUT2D eigenvalue weighted by Gasteiger charge is -2.09. The second-order valence-electron chi connectivity index (χ2n) is 7.22. The van der Waals surface area contributed by atoms with Gasteiger partial charge in [-0.25, -0.2) is 13.1 Å². The second-order valence-corrected chi connectivity index (χ2v) is 8.99. The summed E-state index contributed by atoms with van der Waals surface area (Å²) >= 11 is 0. The summed E-state index contributed by atoms with van der Waals surface area (Å²) in [5.41, 5.74) is 3.25. The molecule has 0 atom stereocenters. The summed E-state index contributed by atoms with van der Waals surface area (Å²) in [5.74, 6) is -0.126. The summed E-state index contributed by atoms with van der Waals surface area (Å²) in [5, 5.41) is 2.87. The first-order valence-electron chi connectivity index (χ1n) is 10.6. The summed E-state index contributed by atoms with van der Waals surface area (Å²) in [6.07, 6.45) is 0.771. The maximum Gasteiger partial charge on any atom is 0.251 e. The Bertz CT molecular complexity index is 1100. The minimum Gasteiger partial charge on any atom is -0.382 e. The molecular formula is C25H28N2O4S. The molecule has 7 heteroatoms. The Kier molecular flexibility index (Phi) is 8.56. The van der Waals surface area contributed by atoms with Crippen LogP contribution in [0.15, 0.2) is 83.8 Å². The van der Waals surface area contributed by atoms with Crippen LogP contribution in [0.25, 0.3) is 11.1 Å². The number of sulfonamides is 1. The smallest absolute Gasteiger partial charge is 0.251 e. The van der Waals surface area contributed by atoms with Gasteiger partial charge in [-0.15, -0.1) is 0 Å². The second kappa shape index (κ2) is 11.6. The van der Waals surface area contributed by atoms with Crippen molar-refractivity contribution in [2.45, 2.75) is 24.8 Å². The van der Waals surface area contributed by atoms with Gasteiger partial charge in [0.2, 0.25) is 10.0 Å². The molecule has 0 aliphatic carbocycles. The van der Waals surface area contributed by atoms with Crippen molar-refractivity contribution in [1.29, 1.82) is 0 Å². The Hall–Kier alpha value is -3.00. The van der Waals surface area contributed by atoms with Gasteiger partial charge in [0.1, 0.15) is 0 Å². The lowest BCUT2D eigenvalue weighted by Crippen LogP contribution is -2.25. The highest BCUT2D eigenvalue weighted by atomic mass is 32.2. The largest absolute Gasteiger partial charge is 0.382 e. The molecule has 0 aliphatic heterocycles. The van der Waals surface area contributed by atoms with E-state index in [0.29, 0.717) is 25.3 Å². The van der Waals surface area contributed by atoms with Crippen molar-refractivity contribution in [3.63, 3.8) is 0 Å². The first-order chi connectivity index (χ1) is 15.5. The van der Waals surface area contributed by atoms with Crippen LogP contribution < -0.4 is 10.0 Å². The number of amides is 1. The third kappa shape index (κ3) is 6.75. The van der Waals surface area contributed by atoms with Gasteiger partial charge in [-0.3, -0.25) is 4.79 Å². The molecule has 0 aromatic heterocycles. The third-order valence-electron chi connectivity index (χ3n) is 4.91. The molecule has 3 aromatic carbocycles. The molecular weight excluding hydrogens is 424 g/mol. The van der Waals surface area contributed by atoms with E-state index in [0.717, 1.165) is 23.1 Å². The van der Waals surface area contributed by atoms with Gasteiger partial charge in [0, 0.05) is 31.9 Å². The molecule has 0 unspecified atom stereocenters. The number of benzene rings is 3. The van der Waals surface area contributed by atoms with E-state index in [1.807, 2.05) is 49.4 Å². The predicted molar refractivity (Wildman–Crippen MR) is 126 cm³/mol. The first-order valence-corrected chi connectivity index (χ1v) is 12.1. The quantitative estimate of drug-likeness (QED) is 0.431. The molecule has 0 fully saturated rings.